The Kier molecular flexibility index (Phi) is 7.49. The van der Waals surface area contributed by atoms with Gasteiger partial charge < -0.3 is 20.7 Å². The van der Waals surface area contributed by atoms with Crippen molar-refractivity contribution in [2.24, 2.45) is 4.99 Å². The molecule has 0 unspecified atom stereocenters. The van der Waals surface area contributed by atoms with Gasteiger partial charge in [-0.3, -0.25) is 9.83 Å². The maximum absolute atomic E-state index is 14.3. The molecule has 11 heteroatoms. The van der Waals surface area contributed by atoms with Crippen molar-refractivity contribution >= 4 is 11.8 Å². The van der Waals surface area contributed by atoms with Gasteiger partial charge in [0.15, 0.2) is 5.84 Å². The third-order valence-corrected chi connectivity index (χ3v) is 5.61. The van der Waals surface area contributed by atoms with Crippen LogP contribution in [0.15, 0.2) is 41.4 Å². The van der Waals surface area contributed by atoms with Crippen LogP contribution in [0.5, 0.6) is 5.88 Å². The summed E-state index contributed by atoms with van der Waals surface area (Å²) in [6.07, 6.45) is -0.250. The summed E-state index contributed by atoms with van der Waals surface area (Å²) in [5, 5.41) is 18.5. The summed E-state index contributed by atoms with van der Waals surface area (Å²) in [7, 11) is 1.52. The Morgan fingerprint density at radius 1 is 1.23 bits per heavy atom. The van der Waals surface area contributed by atoms with Gasteiger partial charge in [0.25, 0.3) is 0 Å². The lowest BCUT2D eigenvalue weighted by Gasteiger charge is -2.26. The van der Waals surface area contributed by atoms with Gasteiger partial charge in [-0.2, -0.15) is 0 Å². The first kappa shape index (κ1) is 24.5. The standard InChI is InChI=1S/C24H27FN6O4/c1-13-22-20(30-24(26)27-13)11-19(29-23(22)31-35-9-8-15(33)12-32)16-7-6-14(25)10-17(16)18-4-3-5-21(28-18)34-2/h3-7,10,15,19,32-33H,8-9,11-12H2,1-2H3,(H,29,31)(H2,26,27,30)/t15-,19+/m0/s1. The van der Waals surface area contributed by atoms with Crippen molar-refractivity contribution in [3.63, 3.8) is 0 Å². The van der Waals surface area contributed by atoms with Crippen LogP contribution in [0.25, 0.3) is 11.3 Å². The Labute approximate surface area is 201 Å². The zero-order valence-electron chi connectivity index (χ0n) is 19.4. The monoisotopic (exact) mass is 482 g/mol. The number of aryl methyl sites for hydroxylation is 1. The second-order valence-electron chi connectivity index (χ2n) is 8.06. The number of hydrogen-bond acceptors (Lipinski definition) is 10. The van der Waals surface area contributed by atoms with Crippen LogP contribution in [0.3, 0.4) is 0 Å². The molecule has 3 aromatic rings. The molecule has 0 fully saturated rings. The highest BCUT2D eigenvalue weighted by molar-refractivity contribution is 6.01. The number of hydrogen-bond donors (Lipinski definition) is 4. The number of aliphatic hydroxyl groups is 2. The number of ether oxygens (including phenoxy) is 1. The Hall–Kier alpha value is -3.67. The first-order valence-corrected chi connectivity index (χ1v) is 11.1. The molecule has 0 saturated carbocycles. The number of methoxy groups -OCH3 is 1. The van der Waals surface area contributed by atoms with E-state index < -0.39 is 18.0 Å². The molecule has 1 aliphatic heterocycles. The van der Waals surface area contributed by atoms with Gasteiger partial charge in [0, 0.05) is 24.5 Å². The molecule has 1 aliphatic rings. The van der Waals surface area contributed by atoms with E-state index in [4.69, 9.17) is 25.4 Å². The zero-order chi connectivity index (χ0) is 24.9. The second kappa shape index (κ2) is 10.7. The molecule has 2 aromatic heterocycles. The molecule has 0 radical (unpaired) electrons. The largest absolute Gasteiger partial charge is 0.481 e. The number of aliphatic imine (C=N–C) groups is 1. The summed E-state index contributed by atoms with van der Waals surface area (Å²) in [6, 6.07) is 9.31. The third-order valence-electron chi connectivity index (χ3n) is 5.61. The van der Waals surface area contributed by atoms with E-state index >= 15 is 0 Å². The van der Waals surface area contributed by atoms with Gasteiger partial charge in [0.05, 0.1) is 55.1 Å². The Morgan fingerprint density at radius 2 is 2.06 bits per heavy atom. The van der Waals surface area contributed by atoms with Crippen LogP contribution in [0, 0.1) is 12.7 Å². The number of hydroxylamine groups is 1. The number of rotatable bonds is 8. The maximum atomic E-state index is 14.3. The number of nitrogens with two attached hydrogens (primary N) is 1. The van der Waals surface area contributed by atoms with E-state index in [0.717, 1.165) is 5.56 Å². The van der Waals surface area contributed by atoms with E-state index in [0.29, 0.717) is 46.3 Å². The number of aliphatic hydroxyl groups excluding tert-OH is 2. The number of nitrogen functional groups attached to an aromatic ring is 1. The molecule has 0 saturated heterocycles. The Balaban J connectivity index is 1.73. The third kappa shape index (κ3) is 5.53. The summed E-state index contributed by atoms with van der Waals surface area (Å²) in [4.78, 5) is 23.5. The number of fused-ring (bicyclic) bond motifs is 1. The van der Waals surface area contributed by atoms with Crippen molar-refractivity contribution in [1.82, 2.24) is 20.4 Å². The van der Waals surface area contributed by atoms with Crippen molar-refractivity contribution in [3.8, 4) is 17.1 Å². The van der Waals surface area contributed by atoms with Crippen molar-refractivity contribution in [2.75, 3.05) is 26.1 Å². The van der Waals surface area contributed by atoms with E-state index in [2.05, 4.69) is 20.4 Å². The number of halogens is 1. The summed E-state index contributed by atoms with van der Waals surface area (Å²) < 4.78 is 19.5. The molecule has 2 atom stereocenters. The highest BCUT2D eigenvalue weighted by Gasteiger charge is 2.28. The van der Waals surface area contributed by atoms with Crippen molar-refractivity contribution in [1.29, 1.82) is 0 Å². The highest BCUT2D eigenvalue weighted by Crippen LogP contribution is 2.36. The van der Waals surface area contributed by atoms with Gasteiger partial charge in [-0.15, -0.1) is 0 Å². The molecule has 3 heterocycles. The minimum absolute atomic E-state index is 0.130. The average Bonchev–Trinajstić information content (AvgIpc) is 2.85. The van der Waals surface area contributed by atoms with E-state index in [-0.39, 0.29) is 25.6 Å². The van der Waals surface area contributed by atoms with Gasteiger partial charge in [0.2, 0.25) is 11.8 Å². The van der Waals surface area contributed by atoms with Crippen LogP contribution in [-0.4, -0.2) is 57.4 Å². The van der Waals surface area contributed by atoms with E-state index in [1.165, 1.54) is 19.2 Å². The first-order valence-electron chi connectivity index (χ1n) is 11.1. The van der Waals surface area contributed by atoms with Crippen LogP contribution in [0.4, 0.5) is 10.3 Å². The predicted octanol–water partition coefficient (Wildman–Crippen LogP) is 1.89. The molecule has 35 heavy (non-hydrogen) atoms. The smallest absolute Gasteiger partial charge is 0.220 e. The highest BCUT2D eigenvalue weighted by atomic mass is 19.1. The Bertz CT molecular complexity index is 1240. The fraction of sp³-hybridized carbons (Fsp3) is 0.333. The summed E-state index contributed by atoms with van der Waals surface area (Å²) >= 11 is 0. The van der Waals surface area contributed by atoms with Crippen molar-refractivity contribution in [2.45, 2.75) is 31.9 Å². The number of nitrogens with one attached hydrogen (secondary N) is 1. The summed E-state index contributed by atoms with van der Waals surface area (Å²) in [6.45, 7) is 1.58. The average molecular weight is 483 g/mol. The van der Waals surface area contributed by atoms with E-state index in [1.807, 2.05) is 0 Å². The molecular formula is C24H27FN6O4. The number of nitrogens with zero attached hydrogens (tertiary/aromatic N) is 4. The second-order valence-corrected chi connectivity index (χ2v) is 8.06. The van der Waals surface area contributed by atoms with Gasteiger partial charge in [-0.1, -0.05) is 12.1 Å². The topological polar surface area (TPSA) is 148 Å². The maximum Gasteiger partial charge on any atom is 0.220 e. The summed E-state index contributed by atoms with van der Waals surface area (Å²) in [5.74, 6) is 0.537. The fourth-order valence-corrected chi connectivity index (χ4v) is 3.94. The molecular weight excluding hydrogens is 455 g/mol. The van der Waals surface area contributed by atoms with Crippen LogP contribution < -0.4 is 16.0 Å². The van der Waals surface area contributed by atoms with Gasteiger partial charge >= 0.3 is 0 Å². The minimum Gasteiger partial charge on any atom is -0.481 e. The van der Waals surface area contributed by atoms with Crippen LogP contribution in [-0.2, 0) is 11.3 Å². The van der Waals surface area contributed by atoms with Gasteiger partial charge in [-0.05, 0) is 30.7 Å². The van der Waals surface area contributed by atoms with Crippen LogP contribution in [0.2, 0.25) is 0 Å². The lowest BCUT2D eigenvalue weighted by molar-refractivity contribution is 0.0287. The number of pyridine rings is 1. The number of amidine groups is 1. The first-order chi connectivity index (χ1) is 16.9. The van der Waals surface area contributed by atoms with Crippen molar-refractivity contribution in [3.05, 3.63) is 64.7 Å². The molecule has 5 N–H and O–H groups in total. The molecule has 184 valence electrons. The SMILES string of the molecule is COc1cccc(-c2cc(F)ccc2[C@H]2Cc3nc(N)nc(C)c3C(NOCC[C@H](O)CO)=N2)n1. The van der Waals surface area contributed by atoms with E-state index in [1.54, 1.807) is 31.2 Å². The van der Waals surface area contributed by atoms with E-state index in [9.17, 15) is 9.50 Å². The number of anilines is 1. The predicted molar refractivity (Wildman–Crippen MR) is 127 cm³/mol. The lowest BCUT2D eigenvalue weighted by Crippen LogP contribution is -2.33. The quantitative estimate of drug-likeness (QED) is 0.279. The van der Waals surface area contributed by atoms with Gasteiger partial charge in [0.1, 0.15) is 5.82 Å². The molecule has 0 aliphatic carbocycles. The van der Waals surface area contributed by atoms with Gasteiger partial charge in [-0.25, -0.2) is 24.8 Å². The number of benzene rings is 1. The molecule has 0 spiro atoms. The van der Waals surface area contributed by atoms with Crippen molar-refractivity contribution < 1.29 is 24.2 Å². The normalized spacial score (nSPS) is 15.8. The Morgan fingerprint density at radius 3 is 2.83 bits per heavy atom. The lowest BCUT2D eigenvalue weighted by atomic mass is 9.91. The molecule has 0 bridgehead atoms. The molecule has 1 aromatic carbocycles. The molecule has 0 amide bonds. The van der Waals surface area contributed by atoms with Crippen LogP contribution in [0.1, 0.15) is 35.0 Å². The minimum atomic E-state index is -0.882. The zero-order valence-corrected chi connectivity index (χ0v) is 19.4. The summed E-state index contributed by atoms with van der Waals surface area (Å²) in [5.41, 5.74) is 12.6. The fourth-order valence-electron chi connectivity index (χ4n) is 3.94. The molecule has 10 nitrogen and oxygen atoms in total. The van der Waals surface area contributed by atoms with Crippen LogP contribution >= 0.6 is 0 Å². The number of aromatic nitrogens is 3. The molecule has 4 rings (SSSR count).